The highest BCUT2D eigenvalue weighted by Gasteiger charge is 2.19. The number of aromatic nitrogens is 3. The summed E-state index contributed by atoms with van der Waals surface area (Å²) in [7, 11) is 1.86. The molecule has 1 aromatic carbocycles. The van der Waals surface area contributed by atoms with Crippen molar-refractivity contribution in [2.75, 3.05) is 56.6 Å². The summed E-state index contributed by atoms with van der Waals surface area (Å²) < 4.78 is 7.29. The van der Waals surface area contributed by atoms with Gasteiger partial charge in [-0.25, -0.2) is 4.98 Å². The van der Waals surface area contributed by atoms with Gasteiger partial charge in [-0.2, -0.15) is 0 Å². The molecule has 0 atom stereocenters. The molecule has 0 saturated carbocycles. The van der Waals surface area contributed by atoms with Crippen LogP contribution < -0.4 is 25.6 Å². The fourth-order valence-electron chi connectivity index (χ4n) is 4.01. The molecule has 0 unspecified atom stereocenters. The number of rotatable bonds is 8. The predicted molar refractivity (Wildman–Crippen MR) is 137 cm³/mol. The molecule has 182 valence electrons. The van der Waals surface area contributed by atoms with Crippen LogP contribution >= 0.6 is 11.3 Å². The maximum atomic E-state index is 13.0. The van der Waals surface area contributed by atoms with E-state index in [4.69, 9.17) is 4.74 Å². The third kappa shape index (κ3) is 4.92. The highest BCUT2D eigenvalue weighted by Crippen LogP contribution is 2.34. The first-order valence-corrected chi connectivity index (χ1v) is 12.3. The molecule has 1 amide bonds. The number of aromatic hydroxyl groups is 1. The van der Waals surface area contributed by atoms with E-state index >= 15 is 0 Å². The minimum Gasteiger partial charge on any atom is -0.494 e. The SMILES string of the molecule is CNCCOc1ccc2cn(-c3nc(C(=O)Nc4cnccc4N4CCNCC4)cs3)c(O)c2c1. The summed E-state index contributed by atoms with van der Waals surface area (Å²) in [6.45, 7) is 4.76. The Kier molecular flexibility index (Phi) is 6.80. The van der Waals surface area contributed by atoms with E-state index in [9.17, 15) is 9.90 Å². The molecular formula is C24H27N7O3S. The van der Waals surface area contributed by atoms with E-state index in [1.54, 1.807) is 34.6 Å². The van der Waals surface area contributed by atoms with Crippen LogP contribution in [0.2, 0.25) is 0 Å². The average Bonchev–Trinajstić information content (AvgIpc) is 3.50. The third-order valence-electron chi connectivity index (χ3n) is 5.82. The van der Waals surface area contributed by atoms with Gasteiger partial charge in [-0.1, -0.05) is 0 Å². The minimum atomic E-state index is -0.326. The third-order valence-corrected chi connectivity index (χ3v) is 6.66. The summed E-state index contributed by atoms with van der Waals surface area (Å²) in [6, 6.07) is 7.47. The predicted octanol–water partition coefficient (Wildman–Crippen LogP) is 2.45. The van der Waals surface area contributed by atoms with Crippen LogP contribution in [-0.4, -0.2) is 71.9 Å². The molecule has 35 heavy (non-hydrogen) atoms. The molecule has 1 aliphatic rings. The molecule has 0 aliphatic carbocycles. The standard InChI is InChI=1S/C24H27N7O3S/c1-25-8-11-34-17-3-2-16-14-31(23(33)18(16)12-17)24-29-20(15-35-24)22(32)28-19-13-27-5-4-21(19)30-9-6-26-7-10-30/h2-5,12-15,25-26,33H,6-11H2,1H3,(H,28,32). The van der Waals surface area contributed by atoms with E-state index in [1.807, 2.05) is 25.2 Å². The second-order valence-electron chi connectivity index (χ2n) is 8.12. The van der Waals surface area contributed by atoms with E-state index in [1.165, 1.54) is 11.3 Å². The molecule has 4 aromatic rings. The number of nitrogens with zero attached hydrogens (tertiary/aromatic N) is 4. The highest BCUT2D eigenvalue weighted by molar-refractivity contribution is 7.12. The van der Waals surface area contributed by atoms with Crippen molar-refractivity contribution < 1.29 is 14.6 Å². The molecule has 4 heterocycles. The molecule has 1 aliphatic heterocycles. The highest BCUT2D eigenvalue weighted by atomic mass is 32.1. The summed E-state index contributed by atoms with van der Waals surface area (Å²) in [5, 5.41) is 23.8. The van der Waals surface area contributed by atoms with Crippen molar-refractivity contribution in [2.24, 2.45) is 0 Å². The van der Waals surface area contributed by atoms with Crippen molar-refractivity contribution in [2.45, 2.75) is 0 Å². The normalized spacial score (nSPS) is 13.8. The zero-order valence-corrected chi connectivity index (χ0v) is 20.1. The lowest BCUT2D eigenvalue weighted by atomic mass is 10.2. The summed E-state index contributed by atoms with van der Waals surface area (Å²) >= 11 is 1.28. The van der Waals surface area contributed by atoms with Crippen LogP contribution in [0.1, 0.15) is 10.5 Å². The molecule has 0 spiro atoms. The Balaban J connectivity index is 1.35. The summed E-state index contributed by atoms with van der Waals surface area (Å²) in [5.74, 6) is 0.402. The Morgan fingerprint density at radius 1 is 1.29 bits per heavy atom. The zero-order chi connectivity index (χ0) is 24.2. The Morgan fingerprint density at radius 3 is 2.97 bits per heavy atom. The second kappa shape index (κ2) is 10.3. The number of amides is 1. The second-order valence-corrected chi connectivity index (χ2v) is 8.96. The summed E-state index contributed by atoms with van der Waals surface area (Å²) in [4.78, 5) is 23.9. The van der Waals surface area contributed by atoms with Gasteiger partial charge in [0.25, 0.3) is 5.91 Å². The van der Waals surface area contributed by atoms with Crippen molar-refractivity contribution in [1.82, 2.24) is 25.2 Å². The Hall–Kier alpha value is -3.67. The van der Waals surface area contributed by atoms with Crippen LogP contribution in [0.15, 0.2) is 48.2 Å². The van der Waals surface area contributed by atoms with Gasteiger partial charge in [0.2, 0.25) is 5.88 Å². The number of pyridine rings is 1. The van der Waals surface area contributed by atoms with Crippen molar-refractivity contribution in [3.63, 3.8) is 0 Å². The number of hydrogen-bond acceptors (Lipinski definition) is 9. The number of carbonyl (C=O) groups is 1. The zero-order valence-electron chi connectivity index (χ0n) is 19.3. The molecule has 1 saturated heterocycles. The lowest BCUT2D eigenvalue weighted by molar-refractivity contribution is 0.102. The maximum absolute atomic E-state index is 13.0. The van der Waals surface area contributed by atoms with E-state index in [2.05, 4.69) is 30.8 Å². The molecule has 1 fully saturated rings. The number of piperazine rings is 1. The molecule has 4 N–H and O–H groups in total. The first-order valence-electron chi connectivity index (χ1n) is 11.4. The van der Waals surface area contributed by atoms with Gasteiger partial charge in [0.15, 0.2) is 5.13 Å². The number of benzene rings is 1. The summed E-state index contributed by atoms with van der Waals surface area (Å²) in [6.07, 6.45) is 5.18. The van der Waals surface area contributed by atoms with Gasteiger partial charge in [0.1, 0.15) is 18.1 Å². The number of hydrogen-bond donors (Lipinski definition) is 4. The van der Waals surface area contributed by atoms with Crippen LogP contribution in [-0.2, 0) is 0 Å². The number of likely N-dealkylation sites (N-methyl/N-ethyl adjacent to an activating group) is 1. The fourth-order valence-corrected chi connectivity index (χ4v) is 4.79. The first kappa shape index (κ1) is 23.1. The van der Waals surface area contributed by atoms with Crippen molar-refractivity contribution in [1.29, 1.82) is 0 Å². The van der Waals surface area contributed by atoms with E-state index in [0.717, 1.165) is 43.8 Å². The van der Waals surface area contributed by atoms with Gasteiger partial charge in [-0.3, -0.25) is 14.3 Å². The number of nitrogens with one attached hydrogen (secondary N) is 3. The van der Waals surface area contributed by atoms with Crippen molar-refractivity contribution in [3.05, 3.63) is 53.9 Å². The summed E-state index contributed by atoms with van der Waals surface area (Å²) in [5.41, 5.74) is 1.86. The topological polar surface area (TPSA) is 117 Å². The average molecular weight is 494 g/mol. The smallest absolute Gasteiger partial charge is 0.275 e. The largest absolute Gasteiger partial charge is 0.494 e. The minimum absolute atomic E-state index is 0.0497. The van der Waals surface area contributed by atoms with Gasteiger partial charge >= 0.3 is 0 Å². The Labute approximate surface area is 206 Å². The fraction of sp³-hybridized carbons (Fsp3) is 0.292. The van der Waals surface area contributed by atoms with Crippen LogP contribution in [0.25, 0.3) is 15.9 Å². The van der Waals surface area contributed by atoms with Gasteiger partial charge in [0, 0.05) is 61.3 Å². The van der Waals surface area contributed by atoms with Gasteiger partial charge in [0.05, 0.1) is 17.6 Å². The van der Waals surface area contributed by atoms with E-state index in [-0.39, 0.29) is 17.5 Å². The van der Waals surface area contributed by atoms with Crippen LogP contribution in [0.4, 0.5) is 11.4 Å². The molecule has 0 bridgehead atoms. The van der Waals surface area contributed by atoms with Crippen molar-refractivity contribution >= 4 is 39.4 Å². The van der Waals surface area contributed by atoms with Crippen LogP contribution in [0, 0.1) is 0 Å². The number of anilines is 2. The molecular weight excluding hydrogens is 466 g/mol. The van der Waals surface area contributed by atoms with Crippen LogP contribution in [0.3, 0.4) is 0 Å². The Bertz CT molecular complexity index is 1330. The van der Waals surface area contributed by atoms with Gasteiger partial charge in [-0.15, -0.1) is 11.3 Å². The maximum Gasteiger partial charge on any atom is 0.275 e. The molecule has 3 aromatic heterocycles. The number of fused-ring (bicyclic) bond motifs is 1. The molecule has 11 heteroatoms. The monoisotopic (exact) mass is 493 g/mol. The van der Waals surface area contributed by atoms with E-state index in [0.29, 0.717) is 28.6 Å². The number of thiazole rings is 1. The first-order chi connectivity index (χ1) is 17.1. The lowest BCUT2D eigenvalue weighted by Gasteiger charge is -2.30. The number of ether oxygens (including phenoxy) is 1. The number of carbonyl (C=O) groups excluding carboxylic acids is 1. The molecule has 5 rings (SSSR count). The van der Waals surface area contributed by atoms with Gasteiger partial charge in [-0.05, 0) is 31.3 Å². The molecule has 0 radical (unpaired) electrons. The van der Waals surface area contributed by atoms with Gasteiger partial charge < -0.3 is 30.7 Å². The van der Waals surface area contributed by atoms with Crippen LogP contribution in [0.5, 0.6) is 11.6 Å². The lowest BCUT2D eigenvalue weighted by Crippen LogP contribution is -2.43. The van der Waals surface area contributed by atoms with E-state index < -0.39 is 0 Å². The quantitative estimate of drug-likeness (QED) is 0.277. The van der Waals surface area contributed by atoms with Crippen molar-refractivity contribution in [3.8, 4) is 16.8 Å². The Morgan fingerprint density at radius 2 is 2.14 bits per heavy atom. The molecule has 10 nitrogen and oxygen atoms in total.